The molecule has 0 heterocycles. The van der Waals surface area contributed by atoms with Crippen LogP contribution in [0.3, 0.4) is 0 Å². The summed E-state index contributed by atoms with van der Waals surface area (Å²) in [7, 11) is 0. The highest BCUT2D eigenvalue weighted by Crippen LogP contribution is 2.09. The molecule has 3 N–H and O–H groups in total. The van der Waals surface area contributed by atoms with Gasteiger partial charge in [0, 0.05) is 6.54 Å². The average Bonchev–Trinajstić information content (AvgIpc) is 2.37. The van der Waals surface area contributed by atoms with E-state index in [9.17, 15) is 9.90 Å². The van der Waals surface area contributed by atoms with Crippen LogP contribution < -0.4 is 10.6 Å². The number of nitriles is 1. The topological polar surface area (TPSA) is 85.2 Å². The first kappa shape index (κ1) is 13.2. The number of aliphatic hydroxyl groups excluding tert-OH is 1. The molecule has 1 aromatic rings. The van der Waals surface area contributed by atoms with Crippen molar-refractivity contribution in [2.24, 2.45) is 0 Å². The van der Waals surface area contributed by atoms with Crippen LogP contribution in [0.4, 0.5) is 0 Å². The van der Waals surface area contributed by atoms with E-state index in [4.69, 9.17) is 5.26 Å². The Labute approximate surface area is 100 Å². The zero-order valence-corrected chi connectivity index (χ0v) is 9.39. The van der Waals surface area contributed by atoms with Crippen LogP contribution in [0.2, 0.25) is 0 Å². The van der Waals surface area contributed by atoms with Crippen molar-refractivity contribution in [1.29, 1.82) is 5.26 Å². The summed E-state index contributed by atoms with van der Waals surface area (Å²) in [6.07, 6.45) is -0.639. The van der Waals surface area contributed by atoms with Gasteiger partial charge in [0.15, 0.2) is 0 Å². The average molecular weight is 233 g/mol. The van der Waals surface area contributed by atoms with E-state index in [2.05, 4.69) is 10.6 Å². The minimum atomic E-state index is -0.639. The van der Waals surface area contributed by atoms with Gasteiger partial charge in [-0.15, -0.1) is 0 Å². The Balaban J connectivity index is 2.23. The predicted molar refractivity (Wildman–Crippen MR) is 62.9 cm³/mol. The number of amides is 1. The zero-order chi connectivity index (χ0) is 12.5. The van der Waals surface area contributed by atoms with Gasteiger partial charge in [0.2, 0.25) is 5.91 Å². The Morgan fingerprint density at radius 1 is 1.41 bits per heavy atom. The van der Waals surface area contributed by atoms with Crippen molar-refractivity contribution in [3.8, 4) is 6.07 Å². The fraction of sp³-hybridized carbons (Fsp3) is 0.333. The highest BCUT2D eigenvalue weighted by atomic mass is 16.3. The molecule has 90 valence electrons. The van der Waals surface area contributed by atoms with Crippen LogP contribution in [0.15, 0.2) is 30.3 Å². The van der Waals surface area contributed by atoms with Gasteiger partial charge in [-0.1, -0.05) is 30.3 Å². The lowest BCUT2D eigenvalue weighted by Crippen LogP contribution is -2.35. The van der Waals surface area contributed by atoms with Crippen LogP contribution in [0.1, 0.15) is 11.7 Å². The van der Waals surface area contributed by atoms with Gasteiger partial charge in [-0.05, 0) is 5.56 Å². The SMILES string of the molecule is N#CCNC(=O)CNCC(O)c1ccccc1. The number of nitrogens with one attached hydrogen (secondary N) is 2. The van der Waals surface area contributed by atoms with Crippen molar-refractivity contribution in [3.05, 3.63) is 35.9 Å². The van der Waals surface area contributed by atoms with Crippen molar-refractivity contribution < 1.29 is 9.90 Å². The van der Waals surface area contributed by atoms with Crippen molar-refractivity contribution in [1.82, 2.24) is 10.6 Å². The minimum absolute atomic E-state index is 0.00174. The Morgan fingerprint density at radius 3 is 2.76 bits per heavy atom. The molecule has 0 bridgehead atoms. The molecule has 0 saturated carbocycles. The van der Waals surface area contributed by atoms with Gasteiger partial charge in [0.25, 0.3) is 0 Å². The third kappa shape index (κ3) is 5.11. The predicted octanol–water partition coefficient (Wildman–Crippen LogP) is -0.0506. The molecule has 1 unspecified atom stereocenters. The summed E-state index contributed by atoms with van der Waals surface area (Å²) in [4.78, 5) is 11.1. The molecule has 5 heteroatoms. The fourth-order valence-corrected chi connectivity index (χ4v) is 1.32. The van der Waals surface area contributed by atoms with E-state index in [1.165, 1.54) is 0 Å². The van der Waals surface area contributed by atoms with Crippen molar-refractivity contribution in [2.45, 2.75) is 6.10 Å². The van der Waals surface area contributed by atoms with E-state index >= 15 is 0 Å². The first-order valence-corrected chi connectivity index (χ1v) is 5.31. The lowest BCUT2D eigenvalue weighted by Gasteiger charge is -2.11. The summed E-state index contributed by atoms with van der Waals surface area (Å²) in [6, 6.07) is 11.0. The van der Waals surface area contributed by atoms with Gasteiger partial charge in [-0.25, -0.2) is 0 Å². The van der Waals surface area contributed by atoms with Crippen molar-refractivity contribution in [2.75, 3.05) is 19.6 Å². The monoisotopic (exact) mass is 233 g/mol. The lowest BCUT2D eigenvalue weighted by atomic mass is 10.1. The van der Waals surface area contributed by atoms with Crippen LogP contribution in [0.25, 0.3) is 0 Å². The van der Waals surface area contributed by atoms with E-state index < -0.39 is 6.10 Å². The molecule has 0 aromatic heterocycles. The molecule has 0 aliphatic carbocycles. The molecule has 5 nitrogen and oxygen atoms in total. The second-order valence-corrected chi connectivity index (χ2v) is 3.49. The summed E-state index contributed by atoms with van der Waals surface area (Å²) >= 11 is 0. The Hall–Kier alpha value is -1.90. The van der Waals surface area contributed by atoms with Crippen LogP contribution in [0, 0.1) is 11.3 Å². The standard InChI is InChI=1S/C12H15N3O2/c13-6-7-15-12(17)9-14-8-11(16)10-4-2-1-3-5-10/h1-5,11,14,16H,7-9H2,(H,15,17). The molecule has 0 aliphatic heterocycles. The van der Waals surface area contributed by atoms with E-state index in [1.807, 2.05) is 36.4 Å². The zero-order valence-electron chi connectivity index (χ0n) is 9.39. The maximum absolute atomic E-state index is 11.1. The summed E-state index contributed by atoms with van der Waals surface area (Å²) in [5.74, 6) is -0.258. The smallest absolute Gasteiger partial charge is 0.234 e. The van der Waals surface area contributed by atoms with Gasteiger partial charge >= 0.3 is 0 Å². The Morgan fingerprint density at radius 2 is 2.12 bits per heavy atom. The fourth-order valence-electron chi connectivity index (χ4n) is 1.32. The quantitative estimate of drug-likeness (QED) is 0.601. The second-order valence-electron chi connectivity index (χ2n) is 3.49. The first-order valence-electron chi connectivity index (χ1n) is 5.31. The van der Waals surface area contributed by atoms with Crippen molar-refractivity contribution in [3.63, 3.8) is 0 Å². The number of carbonyl (C=O) groups is 1. The maximum atomic E-state index is 11.1. The number of hydrogen-bond acceptors (Lipinski definition) is 4. The Kier molecular flexibility index (Phi) is 5.72. The number of hydrogen-bond donors (Lipinski definition) is 3. The third-order valence-corrected chi connectivity index (χ3v) is 2.17. The summed E-state index contributed by atoms with van der Waals surface area (Å²) in [5.41, 5.74) is 0.803. The molecule has 0 fully saturated rings. The van der Waals surface area contributed by atoms with Gasteiger partial charge in [-0.3, -0.25) is 4.79 Å². The van der Waals surface area contributed by atoms with Gasteiger partial charge < -0.3 is 15.7 Å². The number of aliphatic hydroxyl groups is 1. The number of carbonyl (C=O) groups excluding carboxylic acids is 1. The van der Waals surface area contributed by atoms with E-state index in [0.29, 0.717) is 6.54 Å². The largest absolute Gasteiger partial charge is 0.387 e. The Bertz CT molecular complexity index is 386. The van der Waals surface area contributed by atoms with Crippen LogP contribution in [0.5, 0.6) is 0 Å². The highest BCUT2D eigenvalue weighted by Gasteiger charge is 2.07. The molecule has 0 radical (unpaired) electrons. The summed E-state index contributed by atoms with van der Waals surface area (Å²) in [6.45, 7) is 0.386. The van der Waals surface area contributed by atoms with Crippen LogP contribution in [-0.2, 0) is 4.79 Å². The normalized spacial score (nSPS) is 11.5. The van der Waals surface area contributed by atoms with E-state index in [0.717, 1.165) is 5.56 Å². The summed E-state index contributed by atoms with van der Waals surface area (Å²) in [5, 5.41) is 23.2. The molecule has 1 atom stereocenters. The molecule has 17 heavy (non-hydrogen) atoms. The second kappa shape index (κ2) is 7.39. The molecule has 0 saturated heterocycles. The van der Waals surface area contributed by atoms with Gasteiger partial charge in [0.05, 0.1) is 18.7 Å². The molecular formula is C12H15N3O2. The van der Waals surface area contributed by atoms with Gasteiger partial charge in [0.1, 0.15) is 6.54 Å². The lowest BCUT2D eigenvalue weighted by molar-refractivity contribution is -0.120. The molecular weight excluding hydrogens is 218 g/mol. The molecule has 0 spiro atoms. The van der Waals surface area contributed by atoms with E-state index in [-0.39, 0.29) is 19.0 Å². The minimum Gasteiger partial charge on any atom is -0.387 e. The first-order chi connectivity index (χ1) is 8.24. The third-order valence-electron chi connectivity index (χ3n) is 2.17. The van der Waals surface area contributed by atoms with E-state index in [1.54, 1.807) is 0 Å². The highest BCUT2D eigenvalue weighted by molar-refractivity contribution is 5.78. The number of nitrogens with zero attached hydrogens (tertiary/aromatic N) is 1. The number of benzene rings is 1. The van der Waals surface area contributed by atoms with Gasteiger partial charge in [-0.2, -0.15) is 5.26 Å². The van der Waals surface area contributed by atoms with Crippen LogP contribution >= 0.6 is 0 Å². The number of rotatable bonds is 6. The van der Waals surface area contributed by atoms with Crippen LogP contribution in [-0.4, -0.2) is 30.6 Å². The molecule has 0 aliphatic rings. The summed E-state index contributed by atoms with van der Waals surface area (Å²) < 4.78 is 0. The molecule has 1 aromatic carbocycles. The maximum Gasteiger partial charge on any atom is 0.234 e. The molecule has 1 rings (SSSR count). The van der Waals surface area contributed by atoms with Crippen molar-refractivity contribution >= 4 is 5.91 Å². The molecule has 1 amide bonds.